The minimum absolute atomic E-state index is 0.144. The Morgan fingerprint density at radius 3 is 2.61 bits per heavy atom. The molecule has 1 N–H and O–H groups in total. The van der Waals surface area contributed by atoms with Gasteiger partial charge in [-0.05, 0) is 49.7 Å². The van der Waals surface area contributed by atoms with E-state index in [2.05, 4.69) is 25.5 Å². The van der Waals surface area contributed by atoms with E-state index in [1.807, 2.05) is 48.7 Å². The molecule has 0 saturated heterocycles. The van der Waals surface area contributed by atoms with Gasteiger partial charge in [0.2, 0.25) is 5.91 Å². The number of benzene rings is 2. The van der Waals surface area contributed by atoms with Crippen LogP contribution in [0, 0.1) is 13.8 Å². The monoisotopic (exact) mass is 450 g/mol. The standard InChI is InChI=1S/C22H19ClN6OS/c1-14-3-6-17(7-4-14)29-21(19-12-24-9-10-25-19)27-28-22(29)31-13-20(30)26-18-8-5-16(23)11-15(18)2/h3-12H,13H2,1-2H3,(H,26,30). The van der Waals surface area contributed by atoms with E-state index in [4.69, 9.17) is 11.6 Å². The number of amides is 1. The first-order valence-electron chi connectivity index (χ1n) is 9.49. The predicted molar refractivity (Wildman–Crippen MR) is 123 cm³/mol. The van der Waals surface area contributed by atoms with Crippen LogP contribution >= 0.6 is 23.4 Å². The van der Waals surface area contributed by atoms with E-state index in [1.165, 1.54) is 11.8 Å². The molecular formula is C22H19ClN6OS. The molecule has 0 saturated carbocycles. The summed E-state index contributed by atoms with van der Waals surface area (Å²) in [5.74, 6) is 0.593. The number of aryl methyl sites for hydroxylation is 2. The third-order valence-electron chi connectivity index (χ3n) is 4.51. The first kappa shape index (κ1) is 21.0. The van der Waals surface area contributed by atoms with Gasteiger partial charge >= 0.3 is 0 Å². The Morgan fingerprint density at radius 2 is 1.90 bits per heavy atom. The summed E-state index contributed by atoms with van der Waals surface area (Å²) in [6.45, 7) is 3.92. The summed E-state index contributed by atoms with van der Waals surface area (Å²) in [4.78, 5) is 21.0. The van der Waals surface area contributed by atoms with Gasteiger partial charge in [0.05, 0.1) is 11.9 Å². The van der Waals surface area contributed by atoms with Crippen LogP contribution in [0.4, 0.5) is 5.69 Å². The van der Waals surface area contributed by atoms with Crippen LogP contribution in [0.3, 0.4) is 0 Å². The Bertz CT molecular complexity index is 1210. The van der Waals surface area contributed by atoms with Crippen molar-refractivity contribution in [1.29, 1.82) is 0 Å². The maximum Gasteiger partial charge on any atom is 0.234 e. The van der Waals surface area contributed by atoms with Crippen LogP contribution in [0.15, 0.2) is 66.2 Å². The second-order valence-corrected chi connectivity index (χ2v) is 8.24. The smallest absolute Gasteiger partial charge is 0.234 e. The molecule has 0 aliphatic carbocycles. The number of carbonyl (C=O) groups is 1. The first-order chi connectivity index (χ1) is 15.0. The van der Waals surface area contributed by atoms with Crippen LogP contribution < -0.4 is 5.32 Å². The zero-order valence-corrected chi connectivity index (χ0v) is 18.5. The topological polar surface area (TPSA) is 85.6 Å². The van der Waals surface area contributed by atoms with E-state index >= 15 is 0 Å². The molecule has 156 valence electrons. The molecule has 2 aromatic heterocycles. The normalized spacial score (nSPS) is 10.8. The van der Waals surface area contributed by atoms with Gasteiger partial charge < -0.3 is 5.32 Å². The number of rotatable bonds is 6. The molecule has 4 aromatic rings. The zero-order chi connectivity index (χ0) is 21.8. The molecule has 31 heavy (non-hydrogen) atoms. The third kappa shape index (κ3) is 4.92. The summed E-state index contributed by atoms with van der Waals surface area (Å²) in [5, 5.41) is 12.8. The lowest BCUT2D eigenvalue weighted by Gasteiger charge is -2.11. The second-order valence-electron chi connectivity index (χ2n) is 6.86. The fourth-order valence-corrected chi connectivity index (χ4v) is 3.93. The van der Waals surface area contributed by atoms with E-state index in [0.717, 1.165) is 22.5 Å². The van der Waals surface area contributed by atoms with E-state index in [1.54, 1.807) is 30.7 Å². The van der Waals surface area contributed by atoms with Gasteiger partial charge in [-0.3, -0.25) is 14.3 Å². The Hall–Kier alpha value is -3.23. The summed E-state index contributed by atoms with van der Waals surface area (Å²) >= 11 is 7.29. The molecule has 1 amide bonds. The van der Waals surface area contributed by atoms with Crippen molar-refractivity contribution in [2.45, 2.75) is 19.0 Å². The number of nitrogens with zero attached hydrogens (tertiary/aromatic N) is 5. The van der Waals surface area contributed by atoms with Gasteiger partial charge in [-0.25, -0.2) is 4.98 Å². The van der Waals surface area contributed by atoms with Crippen LogP contribution in [0.2, 0.25) is 5.02 Å². The lowest BCUT2D eigenvalue weighted by Crippen LogP contribution is -2.15. The molecule has 2 aromatic carbocycles. The Kier molecular flexibility index (Phi) is 6.29. The molecule has 0 unspecified atom stereocenters. The van der Waals surface area contributed by atoms with E-state index < -0.39 is 0 Å². The number of carbonyl (C=O) groups excluding carboxylic acids is 1. The SMILES string of the molecule is Cc1ccc(-n2c(SCC(=O)Nc3ccc(Cl)cc3C)nnc2-c2cnccn2)cc1. The van der Waals surface area contributed by atoms with Gasteiger partial charge in [0, 0.05) is 28.8 Å². The number of nitrogens with one attached hydrogen (secondary N) is 1. The minimum atomic E-state index is -0.144. The predicted octanol–water partition coefficient (Wildman–Crippen LogP) is 4.73. The summed E-state index contributed by atoms with van der Waals surface area (Å²) in [6.07, 6.45) is 4.85. The van der Waals surface area contributed by atoms with E-state index in [-0.39, 0.29) is 11.7 Å². The average molecular weight is 451 g/mol. The molecular weight excluding hydrogens is 432 g/mol. The van der Waals surface area contributed by atoms with Crippen molar-refractivity contribution in [3.05, 3.63) is 77.2 Å². The van der Waals surface area contributed by atoms with Gasteiger partial charge in [-0.1, -0.05) is 41.1 Å². The van der Waals surface area contributed by atoms with Crippen molar-refractivity contribution < 1.29 is 4.79 Å². The van der Waals surface area contributed by atoms with Crippen LogP contribution in [-0.2, 0) is 4.79 Å². The second kappa shape index (κ2) is 9.28. The molecule has 0 atom stereocenters. The molecule has 0 fully saturated rings. The number of anilines is 1. The number of halogens is 1. The van der Waals surface area contributed by atoms with Crippen molar-refractivity contribution in [3.8, 4) is 17.2 Å². The summed E-state index contributed by atoms with van der Waals surface area (Å²) in [6, 6.07) is 13.4. The van der Waals surface area contributed by atoms with Crippen molar-refractivity contribution in [2.75, 3.05) is 11.1 Å². The average Bonchev–Trinajstić information content (AvgIpc) is 3.19. The summed E-state index contributed by atoms with van der Waals surface area (Å²) in [7, 11) is 0. The zero-order valence-electron chi connectivity index (χ0n) is 16.9. The molecule has 0 radical (unpaired) electrons. The summed E-state index contributed by atoms with van der Waals surface area (Å²) < 4.78 is 1.88. The van der Waals surface area contributed by atoms with Gasteiger partial charge in [-0.2, -0.15) is 0 Å². The molecule has 0 bridgehead atoms. The summed E-state index contributed by atoms with van der Waals surface area (Å²) in [5.41, 5.74) is 4.26. The van der Waals surface area contributed by atoms with Gasteiger partial charge in [0.15, 0.2) is 11.0 Å². The van der Waals surface area contributed by atoms with Crippen LogP contribution in [-0.4, -0.2) is 36.4 Å². The van der Waals surface area contributed by atoms with Gasteiger partial charge in [-0.15, -0.1) is 10.2 Å². The van der Waals surface area contributed by atoms with Crippen molar-refractivity contribution in [2.24, 2.45) is 0 Å². The Morgan fingerprint density at radius 1 is 1.10 bits per heavy atom. The lowest BCUT2D eigenvalue weighted by molar-refractivity contribution is -0.113. The Balaban J connectivity index is 1.58. The molecule has 2 heterocycles. The fraction of sp³-hybridized carbons (Fsp3) is 0.136. The number of hydrogen-bond acceptors (Lipinski definition) is 6. The molecule has 0 aliphatic heterocycles. The molecule has 9 heteroatoms. The molecule has 0 spiro atoms. The van der Waals surface area contributed by atoms with E-state index in [9.17, 15) is 4.79 Å². The largest absolute Gasteiger partial charge is 0.325 e. The van der Waals surface area contributed by atoms with E-state index in [0.29, 0.717) is 21.7 Å². The van der Waals surface area contributed by atoms with Crippen LogP contribution in [0.1, 0.15) is 11.1 Å². The van der Waals surface area contributed by atoms with Crippen molar-refractivity contribution in [1.82, 2.24) is 24.7 Å². The number of hydrogen-bond donors (Lipinski definition) is 1. The molecule has 7 nitrogen and oxygen atoms in total. The minimum Gasteiger partial charge on any atom is -0.325 e. The van der Waals surface area contributed by atoms with Gasteiger partial charge in [0.1, 0.15) is 5.69 Å². The number of thioether (sulfide) groups is 1. The quantitative estimate of drug-likeness (QED) is 0.427. The number of aromatic nitrogens is 5. The maximum absolute atomic E-state index is 12.5. The van der Waals surface area contributed by atoms with Crippen molar-refractivity contribution in [3.63, 3.8) is 0 Å². The Labute approximate surface area is 188 Å². The first-order valence-corrected chi connectivity index (χ1v) is 10.9. The van der Waals surface area contributed by atoms with Crippen molar-refractivity contribution >= 4 is 35.0 Å². The third-order valence-corrected chi connectivity index (χ3v) is 5.68. The fourth-order valence-electron chi connectivity index (χ4n) is 2.95. The van der Waals surface area contributed by atoms with Gasteiger partial charge in [0.25, 0.3) is 0 Å². The maximum atomic E-state index is 12.5. The van der Waals surface area contributed by atoms with Crippen LogP contribution in [0.5, 0.6) is 0 Å². The van der Waals surface area contributed by atoms with Crippen LogP contribution in [0.25, 0.3) is 17.2 Å². The highest BCUT2D eigenvalue weighted by atomic mass is 35.5. The molecule has 4 rings (SSSR count). The highest BCUT2D eigenvalue weighted by Crippen LogP contribution is 2.27. The highest BCUT2D eigenvalue weighted by molar-refractivity contribution is 7.99. The highest BCUT2D eigenvalue weighted by Gasteiger charge is 2.18. The lowest BCUT2D eigenvalue weighted by atomic mass is 10.2. The molecule has 0 aliphatic rings.